The molecule has 17 heavy (non-hydrogen) atoms. The molecule has 1 amide bonds. The summed E-state index contributed by atoms with van der Waals surface area (Å²) in [6.45, 7) is 2.71. The zero-order valence-electron chi connectivity index (χ0n) is 10.4. The third-order valence-electron chi connectivity index (χ3n) is 2.00. The van der Waals surface area contributed by atoms with Crippen molar-refractivity contribution in [1.82, 2.24) is 5.32 Å². The molecule has 0 aromatic carbocycles. The first kappa shape index (κ1) is 16.2. The highest BCUT2D eigenvalue weighted by molar-refractivity contribution is 8.00. The summed E-state index contributed by atoms with van der Waals surface area (Å²) in [6, 6.07) is -0.695. The van der Waals surface area contributed by atoms with E-state index in [1.807, 2.05) is 0 Å². The van der Waals surface area contributed by atoms with E-state index in [9.17, 15) is 9.59 Å². The van der Waals surface area contributed by atoms with E-state index >= 15 is 0 Å². The number of methoxy groups -OCH3 is 2. The maximum atomic E-state index is 11.5. The molecule has 0 aromatic heterocycles. The van der Waals surface area contributed by atoms with Crippen LogP contribution < -0.4 is 11.1 Å². The van der Waals surface area contributed by atoms with Crippen LogP contribution in [-0.2, 0) is 19.1 Å². The van der Waals surface area contributed by atoms with Crippen molar-refractivity contribution in [3.63, 3.8) is 0 Å². The zero-order valence-corrected chi connectivity index (χ0v) is 11.2. The van der Waals surface area contributed by atoms with E-state index < -0.39 is 12.0 Å². The van der Waals surface area contributed by atoms with Crippen LogP contribution in [0.3, 0.4) is 0 Å². The SMILES string of the molecule is COCCNC(=O)C(C)SCC(N)C(=O)OC. The molecular weight excluding hydrogens is 244 g/mol. The van der Waals surface area contributed by atoms with Crippen molar-refractivity contribution in [3.05, 3.63) is 0 Å². The molecule has 0 aliphatic heterocycles. The minimum atomic E-state index is -0.695. The molecule has 0 heterocycles. The van der Waals surface area contributed by atoms with Crippen LogP contribution in [0.4, 0.5) is 0 Å². The van der Waals surface area contributed by atoms with Gasteiger partial charge in [0.2, 0.25) is 5.91 Å². The van der Waals surface area contributed by atoms with Gasteiger partial charge in [-0.2, -0.15) is 0 Å². The fourth-order valence-electron chi connectivity index (χ4n) is 0.963. The van der Waals surface area contributed by atoms with Crippen molar-refractivity contribution in [1.29, 1.82) is 0 Å². The lowest BCUT2D eigenvalue weighted by Crippen LogP contribution is -2.37. The Bertz CT molecular complexity index is 250. The van der Waals surface area contributed by atoms with Crippen molar-refractivity contribution >= 4 is 23.6 Å². The van der Waals surface area contributed by atoms with E-state index in [0.29, 0.717) is 18.9 Å². The van der Waals surface area contributed by atoms with Gasteiger partial charge in [-0.15, -0.1) is 11.8 Å². The molecule has 0 rings (SSSR count). The van der Waals surface area contributed by atoms with E-state index in [-0.39, 0.29) is 11.2 Å². The second-order valence-electron chi connectivity index (χ2n) is 3.39. The molecule has 0 radical (unpaired) electrons. The number of hydrogen-bond donors (Lipinski definition) is 2. The highest BCUT2D eigenvalue weighted by atomic mass is 32.2. The lowest BCUT2D eigenvalue weighted by molar-refractivity contribution is -0.141. The van der Waals surface area contributed by atoms with Crippen LogP contribution in [0.5, 0.6) is 0 Å². The normalized spacial score (nSPS) is 13.9. The molecule has 0 spiro atoms. The molecular formula is C10H20N2O4S. The van der Waals surface area contributed by atoms with Crippen molar-refractivity contribution < 1.29 is 19.1 Å². The largest absolute Gasteiger partial charge is 0.468 e. The number of hydrogen-bond acceptors (Lipinski definition) is 6. The summed E-state index contributed by atoms with van der Waals surface area (Å²) in [5.74, 6) is -0.209. The highest BCUT2D eigenvalue weighted by Crippen LogP contribution is 2.11. The minimum absolute atomic E-state index is 0.0934. The van der Waals surface area contributed by atoms with Crippen LogP contribution >= 0.6 is 11.8 Å². The van der Waals surface area contributed by atoms with Crippen LogP contribution in [0.2, 0.25) is 0 Å². The third kappa shape index (κ3) is 7.19. The van der Waals surface area contributed by atoms with Gasteiger partial charge in [0.15, 0.2) is 0 Å². The molecule has 2 unspecified atom stereocenters. The van der Waals surface area contributed by atoms with Crippen LogP contribution in [0.15, 0.2) is 0 Å². The monoisotopic (exact) mass is 264 g/mol. The molecule has 100 valence electrons. The zero-order chi connectivity index (χ0) is 13.3. The number of thioether (sulfide) groups is 1. The van der Waals surface area contributed by atoms with E-state index in [0.717, 1.165) is 0 Å². The fraction of sp³-hybridized carbons (Fsp3) is 0.800. The molecule has 0 saturated carbocycles. The van der Waals surface area contributed by atoms with Gasteiger partial charge in [-0.3, -0.25) is 9.59 Å². The first-order valence-corrected chi connectivity index (χ1v) is 6.29. The molecule has 0 aliphatic rings. The van der Waals surface area contributed by atoms with E-state index in [1.165, 1.54) is 18.9 Å². The number of rotatable bonds is 8. The van der Waals surface area contributed by atoms with Gasteiger partial charge in [0.05, 0.1) is 19.0 Å². The van der Waals surface area contributed by atoms with Gasteiger partial charge in [-0.25, -0.2) is 0 Å². The van der Waals surface area contributed by atoms with Crippen LogP contribution in [0, 0.1) is 0 Å². The summed E-state index contributed by atoms with van der Waals surface area (Å²) in [7, 11) is 2.85. The van der Waals surface area contributed by atoms with Gasteiger partial charge >= 0.3 is 5.97 Å². The predicted octanol–water partition coefficient (Wildman–Crippen LogP) is -0.629. The molecule has 3 N–H and O–H groups in total. The average molecular weight is 264 g/mol. The molecule has 2 atom stereocenters. The minimum Gasteiger partial charge on any atom is -0.468 e. The summed E-state index contributed by atoms with van der Waals surface area (Å²) < 4.78 is 9.30. The van der Waals surface area contributed by atoms with Crippen molar-refractivity contribution in [2.75, 3.05) is 33.1 Å². The van der Waals surface area contributed by atoms with Crippen LogP contribution in [0.25, 0.3) is 0 Å². The predicted molar refractivity (Wildman–Crippen MR) is 66.8 cm³/mol. The number of esters is 1. The van der Waals surface area contributed by atoms with Gasteiger partial charge in [0.25, 0.3) is 0 Å². The quantitative estimate of drug-likeness (QED) is 0.448. The molecule has 7 heteroatoms. The van der Waals surface area contributed by atoms with Gasteiger partial charge < -0.3 is 20.5 Å². The van der Waals surface area contributed by atoms with Crippen LogP contribution in [-0.4, -0.2) is 56.3 Å². The fourth-order valence-corrected chi connectivity index (χ4v) is 1.83. The van der Waals surface area contributed by atoms with Crippen LogP contribution in [0.1, 0.15) is 6.92 Å². The summed E-state index contributed by atoms with van der Waals surface area (Å²) in [6.07, 6.45) is 0. The number of amides is 1. The summed E-state index contributed by atoms with van der Waals surface area (Å²) in [5.41, 5.74) is 5.55. The number of carbonyl (C=O) groups excluding carboxylic acids is 2. The van der Waals surface area contributed by atoms with E-state index in [1.54, 1.807) is 14.0 Å². The number of ether oxygens (including phenoxy) is 2. The second kappa shape index (κ2) is 9.26. The molecule has 0 fully saturated rings. The van der Waals surface area contributed by atoms with Crippen molar-refractivity contribution in [3.8, 4) is 0 Å². The third-order valence-corrected chi connectivity index (χ3v) is 3.27. The van der Waals surface area contributed by atoms with Crippen molar-refractivity contribution in [2.24, 2.45) is 5.73 Å². The first-order chi connectivity index (χ1) is 8.02. The Labute approximate surface area is 106 Å². The van der Waals surface area contributed by atoms with Gasteiger partial charge in [0, 0.05) is 19.4 Å². The standard InChI is InChI=1S/C10H20N2O4S/c1-7(9(13)12-4-5-15-2)17-6-8(11)10(14)16-3/h7-8H,4-6,11H2,1-3H3,(H,12,13). The van der Waals surface area contributed by atoms with E-state index in [4.69, 9.17) is 10.5 Å². The van der Waals surface area contributed by atoms with Gasteiger partial charge in [-0.1, -0.05) is 0 Å². The summed E-state index contributed by atoms with van der Waals surface area (Å²) >= 11 is 1.32. The number of nitrogens with two attached hydrogens (primary N) is 1. The topological polar surface area (TPSA) is 90.6 Å². The van der Waals surface area contributed by atoms with Gasteiger partial charge in [-0.05, 0) is 6.92 Å². The average Bonchev–Trinajstić information content (AvgIpc) is 2.34. The molecule has 0 saturated heterocycles. The Kier molecular flexibility index (Phi) is 8.83. The second-order valence-corrected chi connectivity index (χ2v) is 4.76. The Balaban J connectivity index is 3.80. The maximum Gasteiger partial charge on any atom is 0.323 e. The molecule has 6 nitrogen and oxygen atoms in total. The summed E-state index contributed by atoms with van der Waals surface area (Å²) in [4.78, 5) is 22.6. The Morgan fingerprint density at radius 2 is 2.06 bits per heavy atom. The van der Waals surface area contributed by atoms with Crippen molar-refractivity contribution in [2.45, 2.75) is 18.2 Å². The lowest BCUT2D eigenvalue weighted by Gasteiger charge is -2.14. The maximum absolute atomic E-state index is 11.5. The number of nitrogens with one attached hydrogen (secondary N) is 1. The Morgan fingerprint density at radius 3 is 2.59 bits per heavy atom. The Hall–Kier alpha value is -0.790. The Morgan fingerprint density at radius 1 is 1.41 bits per heavy atom. The smallest absolute Gasteiger partial charge is 0.323 e. The molecule has 0 bridgehead atoms. The van der Waals surface area contributed by atoms with E-state index in [2.05, 4.69) is 10.1 Å². The number of carbonyl (C=O) groups is 2. The lowest BCUT2D eigenvalue weighted by atomic mass is 10.4. The van der Waals surface area contributed by atoms with Gasteiger partial charge in [0.1, 0.15) is 6.04 Å². The molecule has 0 aromatic rings. The highest BCUT2D eigenvalue weighted by Gasteiger charge is 2.18. The summed E-state index contributed by atoms with van der Waals surface area (Å²) in [5, 5.41) is 2.45. The first-order valence-electron chi connectivity index (χ1n) is 5.24. The molecule has 0 aliphatic carbocycles.